The highest BCUT2D eigenvalue weighted by atomic mass is 35.5. The Hall–Kier alpha value is -4.63. The van der Waals surface area contributed by atoms with E-state index in [2.05, 4.69) is 15.0 Å². The summed E-state index contributed by atoms with van der Waals surface area (Å²) in [5.74, 6) is -4.83. The molecule has 3 N–H and O–H groups in total. The number of hydrogen-bond acceptors (Lipinski definition) is 7. The van der Waals surface area contributed by atoms with E-state index in [1.54, 1.807) is 9.80 Å². The number of benzene rings is 2. The number of nitrogens with two attached hydrogens (primary N) is 1. The van der Waals surface area contributed by atoms with Gasteiger partial charge in [-0.15, -0.1) is 0 Å². The summed E-state index contributed by atoms with van der Waals surface area (Å²) in [5.41, 5.74) is 5.64. The van der Waals surface area contributed by atoms with Gasteiger partial charge in [0, 0.05) is 50.4 Å². The second kappa shape index (κ2) is 14.4. The number of piperidine rings is 1. The number of hydrogen-bond donors (Lipinski definition) is 2. The first kappa shape index (κ1) is 33.7. The molecule has 2 aliphatic heterocycles. The highest BCUT2D eigenvalue weighted by molar-refractivity contribution is 6.34. The van der Waals surface area contributed by atoms with E-state index in [1.807, 2.05) is 4.90 Å². The molecular formula is C31H33ClF3N7O5. The van der Waals surface area contributed by atoms with Crippen LogP contribution in [0.25, 0.3) is 11.3 Å². The molecule has 2 fully saturated rings. The average molecular weight is 676 g/mol. The molecular weight excluding hydrogens is 643 g/mol. The molecule has 0 unspecified atom stereocenters. The Morgan fingerprint density at radius 2 is 1.68 bits per heavy atom. The molecule has 250 valence electrons. The average Bonchev–Trinajstić information content (AvgIpc) is 3.44. The third-order valence-corrected chi connectivity index (χ3v) is 8.69. The lowest BCUT2D eigenvalue weighted by Crippen LogP contribution is -2.53. The van der Waals surface area contributed by atoms with E-state index in [-0.39, 0.29) is 63.5 Å². The summed E-state index contributed by atoms with van der Waals surface area (Å²) in [4.78, 5) is 59.9. The van der Waals surface area contributed by atoms with Gasteiger partial charge in [0.2, 0.25) is 24.5 Å². The summed E-state index contributed by atoms with van der Waals surface area (Å²) in [7, 11) is 1.44. The number of ether oxygens (including phenoxy) is 1. The van der Waals surface area contributed by atoms with Crippen LogP contribution in [0, 0.1) is 17.6 Å². The monoisotopic (exact) mass is 675 g/mol. The maximum Gasteiger partial charge on any atom is 0.291 e. The molecule has 0 saturated carbocycles. The third-order valence-electron chi connectivity index (χ3n) is 8.38. The highest BCUT2D eigenvalue weighted by Crippen LogP contribution is 2.31. The second-order valence-corrected chi connectivity index (χ2v) is 11.7. The van der Waals surface area contributed by atoms with Crippen LogP contribution in [0.4, 0.5) is 18.9 Å². The lowest BCUT2D eigenvalue weighted by Gasteiger charge is -2.38. The first-order chi connectivity index (χ1) is 22.5. The number of likely N-dealkylation sites (tertiary alicyclic amines) is 1. The number of alkyl halides is 1. The fraction of sp³-hybridized carbons (Fsp3) is 0.387. The zero-order valence-electron chi connectivity index (χ0n) is 25.5. The first-order valence-corrected chi connectivity index (χ1v) is 15.2. The van der Waals surface area contributed by atoms with E-state index in [1.165, 1.54) is 42.1 Å². The van der Waals surface area contributed by atoms with Crippen LogP contribution in [-0.2, 0) is 16.6 Å². The van der Waals surface area contributed by atoms with Crippen LogP contribution in [-0.4, -0.2) is 101 Å². The van der Waals surface area contributed by atoms with Crippen molar-refractivity contribution in [3.8, 4) is 17.0 Å². The van der Waals surface area contributed by atoms with Gasteiger partial charge in [-0.3, -0.25) is 24.1 Å². The molecule has 0 radical (unpaired) electrons. The number of imidazole rings is 1. The molecule has 47 heavy (non-hydrogen) atoms. The van der Waals surface area contributed by atoms with Crippen molar-refractivity contribution in [2.45, 2.75) is 12.8 Å². The summed E-state index contributed by atoms with van der Waals surface area (Å²) >= 11 is 6.45. The summed E-state index contributed by atoms with van der Waals surface area (Å²) in [6.45, 7) is 1.55. The Balaban J connectivity index is 1.17. The van der Waals surface area contributed by atoms with Gasteiger partial charge in [0.1, 0.15) is 0 Å². The minimum atomic E-state index is -1.37. The minimum absolute atomic E-state index is 0.0483. The molecule has 3 aromatic rings. The number of anilines is 1. The van der Waals surface area contributed by atoms with E-state index in [4.69, 9.17) is 17.3 Å². The SMILES string of the molecule is Cn1c(-c2ccc(OCF)c(F)c2F)cnc1C(=O)Nc1ccc(C(=O)N2CCN(C(=O)C3CCN(CC(N)=O)CC3)CC2)c(Cl)c1. The number of nitrogens with one attached hydrogen (secondary N) is 1. The maximum atomic E-state index is 14.7. The van der Waals surface area contributed by atoms with Crippen LogP contribution < -0.4 is 15.8 Å². The summed E-state index contributed by atoms with van der Waals surface area (Å²) < 4.78 is 47.1. The highest BCUT2D eigenvalue weighted by Gasteiger charge is 2.32. The second-order valence-electron chi connectivity index (χ2n) is 11.3. The molecule has 0 spiro atoms. The minimum Gasteiger partial charge on any atom is -0.460 e. The number of halogens is 4. The summed E-state index contributed by atoms with van der Waals surface area (Å²) in [6.07, 6.45) is 2.49. The molecule has 2 aromatic carbocycles. The van der Waals surface area contributed by atoms with Crippen molar-refractivity contribution in [2.75, 3.05) is 58.0 Å². The fourth-order valence-corrected chi connectivity index (χ4v) is 6.10. The van der Waals surface area contributed by atoms with Gasteiger partial charge in [-0.05, 0) is 56.3 Å². The van der Waals surface area contributed by atoms with Gasteiger partial charge in [-0.1, -0.05) is 11.6 Å². The van der Waals surface area contributed by atoms with Crippen molar-refractivity contribution in [1.29, 1.82) is 0 Å². The smallest absolute Gasteiger partial charge is 0.291 e. The quantitative estimate of drug-likeness (QED) is 0.355. The molecule has 2 saturated heterocycles. The predicted octanol–water partition coefficient (Wildman–Crippen LogP) is 3.06. The van der Waals surface area contributed by atoms with Crippen LogP contribution in [0.15, 0.2) is 36.5 Å². The third kappa shape index (κ3) is 7.36. The van der Waals surface area contributed by atoms with E-state index in [9.17, 15) is 32.3 Å². The Morgan fingerprint density at radius 3 is 2.32 bits per heavy atom. The Kier molecular flexibility index (Phi) is 10.3. The van der Waals surface area contributed by atoms with Crippen LogP contribution >= 0.6 is 11.6 Å². The lowest BCUT2D eigenvalue weighted by molar-refractivity contribution is -0.138. The van der Waals surface area contributed by atoms with Crippen molar-refractivity contribution in [1.82, 2.24) is 24.3 Å². The molecule has 2 aliphatic rings. The van der Waals surface area contributed by atoms with E-state index >= 15 is 0 Å². The number of amides is 4. The molecule has 0 bridgehead atoms. The lowest BCUT2D eigenvalue weighted by atomic mass is 9.95. The zero-order valence-corrected chi connectivity index (χ0v) is 26.2. The molecule has 3 heterocycles. The largest absolute Gasteiger partial charge is 0.460 e. The molecule has 12 nitrogen and oxygen atoms in total. The summed E-state index contributed by atoms with van der Waals surface area (Å²) in [5, 5.41) is 2.73. The van der Waals surface area contributed by atoms with Gasteiger partial charge < -0.3 is 30.2 Å². The molecule has 0 aliphatic carbocycles. The number of carbonyl (C=O) groups excluding carboxylic acids is 4. The van der Waals surface area contributed by atoms with Gasteiger partial charge in [-0.25, -0.2) is 13.8 Å². The van der Waals surface area contributed by atoms with Crippen molar-refractivity contribution in [3.05, 3.63) is 64.6 Å². The number of primary amides is 1. The number of aromatic nitrogens is 2. The Bertz CT molecular complexity index is 1690. The standard InChI is InChI=1S/C31H33ClF3N7O5/c1-39-23(21-4-5-24(47-17-33)27(35)26(21)34)15-37-28(39)29(44)38-19-2-3-20(22(32)14-19)31(46)42-12-10-41(11-13-42)30(45)18-6-8-40(9-7-18)16-25(36)43/h2-5,14-15,18H,6-13,16-17H2,1H3,(H2,36,43)(H,38,44). The zero-order chi connectivity index (χ0) is 33.8. The van der Waals surface area contributed by atoms with Gasteiger partial charge in [0.25, 0.3) is 11.8 Å². The normalized spacial score (nSPS) is 15.9. The first-order valence-electron chi connectivity index (χ1n) is 14.9. The number of carbonyl (C=O) groups is 4. The predicted molar refractivity (Wildman–Crippen MR) is 165 cm³/mol. The van der Waals surface area contributed by atoms with Crippen molar-refractivity contribution in [3.63, 3.8) is 0 Å². The molecule has 0 atom stereocenters. The molecule has 5 rings (SSSR count). The van der Waals surface area contributed by atoms with Gasteiger partial charge in [-0.2, -0.15) is 4.39 Å². The number of nitrogens with zero attached hydrogens (tertiary/aromatic N) is 5. The fourth-order valence-electron chi connectivity index (χ4n) is 5.84. The van der Waals surface area contributed by atoms with E-state index in [0.717, 1.165) is 6.07 Å². The van der Waals surface area contributed by atoms with Gasteiger partial charge in [0.15, 0.2) is 17.4 Å². The molecule has 4 amide bonds. The molecule has 1 aromatic heterocycles. The Labute approximate surface area is 273 Å². The van der Waals surface area contributed by atoms with Crippen LogP contribution in [0.2, 0.25) is 5.02 Å². The summed E-state index contributed by atoms with van der Waals surface area (Å²) in [6, 6.07) is 6.67. The van der Waals surface area contributed by atoms with E-state index < -0.39 is 30.2 Å². The van der Waals surface area contributed by atoms with Gasteiger partial charge in [0.05, 0.1) is 29.0 Å². The van der Waals surface area contributed by atoms with E-state index in [0.29, 0.717) is 52.1 Å². The van der Waals surface area contributed by atoms with Gasteiger partial charge >= 0.3 is 0 Å². The molecule has 16 heteroatoms. The number of piperazine rings is 1. The van der Waals surface area contributed by atoms with Crippen molar-refractivity contribution in [2.24, 2.45) is 18.7 Å². The van der Waals surface area contributed by atoms with Crippen molar-refractivity contribution >= 4 is 40.9 Å². The van der Waals surface area contributed by atoms with Crippen molar-refractivity contribution < 1.29 is 37.1 Å². The number of rotatable bonds is 9. The maximum absolute atomic E-state index is 14.7. The van der Waals surface area contributed by atoms with Crippen LogP contribution in [0.3, 0.4) is 0 Å². The Morgan fingerprint density at radius 1 is 1.00 bits per heavy atom. The topological polar surface area (TPSA) is 143 Å². The van der Waals surface area contributed by atoms with Crippen LogP contribution in [0.5, 0.6) is 5.75 Å². The van der Waals surface area contributed by atoms with Crippen LogP contribution in [0.1, 0.15) is 33.8 Å².